The van der Waals surface area contributed by atoms with Gasteiger partial charge in [-0.1, -0.05) is 20.8 Å². The molecular formula is C14H27N3O2. The minimum Gasteiger partial charge on any atom is -0.353 e. The molecule has 0 unspecified atom stereocenters. The summed E-state index contributed by atoms with van der Waals surface area (Å²) in [4.78, 5) is 25.4. The lowest BCUT2D eigenvalue weighted by Crippen LogP contribution is -2.52. The van der Waals surface area contributed by atoms with Crippen molar-refractivity contribution in [3.63, 3.8) is 0 Å². The van der Waals surface area contributed by atoms with E-state index in [2.05, 4.69) is 5.32 Å². The van der Waals surface area contributed by atoms with E-state index in [0.717, 1.165) is 19.3 Å². The molecule has 1 rings (SSSR count). The molecule has 2 amide bonds. The molecule has 0 saturated carbocycles. The second kappa shape index (κ2) is 7.48. The molecule has 5 nitrogen and oxygen atoms in total. The molecule has 19 heavy (non-hydrogen) atoms. The zero-order chi connectivity index (χ0) is 14.4. The highest BCUT2D eigenvalue weighted by Crippen LogP contribution is 2.13. The highest BCUT2D eigenvalue weighted by atomic mass is 16.2. The Hall–Kier alpha value is -1.10. The van der Waals surface area contributed by atoms with E-state index in [9.17, 15) is 9.59 Å². The zero-order valence-corrected chi connectivity index (χ0v) is 12.3. The molecule has 0 aromatic rings. The number of hydrogen-bond donors (Lipinski definition) is 2. The molecule has 1 heterocycles. The van der Waals surface area contributed by atoms with Gasteiger partial charge in [0, 0.05) is 25.6 Å². The Kier molecular flexibility index (Phi) is 6.28. The van der Waals surface area contributed by atoms with Crippen molar-refractivity contribution in [2.24, 2.45) is 11.7 Å². The van der Waals surface area contributed by atoms with Crippen LogP contribution in [0.5, 0.6) is 0 Å². The molecule has 0 aliphatic carbocycles. The molecule has 0 aromatic heterocycles. The number of piperidine rings is 1. The maximum Gasteiger partial charge on any atom is 0.239 e. The van der Waals surface area contributed by atoms with Crippen molar-refractivity contribution in [2.45, 2.75) is 58.5 Å². The summed E-state index contributed by atoms with van der Waals surface area (Å²) in [7, 11) is 0. The lowest BCUT2D eigenvalue weighted by Gasteiger charge is -2.34. The number of rotatable bonds is 5. The number of amides is 2. The molecule has 1 aliphatic rings. The van der Waals surface area contributed by atoms with Gasteiger partial charge < -0.3 is 16.0 Å². The van der Waals surface area contributed by atoms with Gasteiger partial charge in [0.05, 0.1) is 6.04 Å². The standard InChI is InChI=1S/C14H27N3O2/c1-4-5-12(18)16-11-6-8-17(9-7-11)14(19)13(15)10(2)3/h10-11,13H,4-9,15H2,1-3H3,(H,16,18)/t13-/m0/s1. The normalized spacial score (nSPS) is 18.5. The van der Waals surface area contributed by atoms with Crippen LogP contribution in [-0.4, -0.2) is 41.9 Å². The fourth-order valence-electron chi connectivity index (χ4n) is 2.27. The second-order valence-corrected chi connectivity index (χ2v) is 5.69. The third-order valence-corrected chi connectivity index (χ3v) is 3.65. The van der Waals surface area contributed by atoms with Gasteiger partial charge in [-0.15, -0.1) is 0 Å². The summed E-state index contributed by atoms with van der Waals surface area (Å²) in [5, 5.41) is 3.02. The largest absolute Gasteiger partial charge is 0.353 e. The van der Waals surface area contributed by atoms with Crippen molar-refractivity contribution in [1.29, 1.82) is 0 Å². The maximum atomic E-state index is 12.1. The molecule has 1 atom stereocenters. The monoisotopic (exact) mass is 269 g/mol. The maximum absolute atomic E-state index is 12.1. The van der Waals surface area contributed by atoms with Gasteiger partial charge in [0.1, 0.15) is 0 Å². The fourth-order valence-corrected chi connectivity index (χ4v) is 2.27. The summed E-state index contributed by atoms with van der Waals surface area (Å²) in [6, 6.07) is -0.204. The Balaban J connectivity index is 2.36. The van der Waals surface area contributed by atoms with E-state index in [1.165, 1.54) is 0 Å². The van der Waals surface area contributed by atoms with E-state index in [1.807, 2.05) is 25.7 Å². The van der Waals surface area contributed by atoms with Gasteiger partial charge in [-0.3, -0.25) is 9.59 Å². The van der Waals surface area contributed by atoms with E-state index >= 15 is 0 Å². The molecule has 0 spiro atoms. The molecule has 0 aromatic carbocycles. The Morgan fingerprint density at radius 2 is 1.89 bits per heavy atom. The summed E-state index contributed by atoms with van der Waals surface area (Å²) in [6.07, 6.45) is 3.10. The van der Waals surface area contributed by atoms with Gasteiger partial charge in [-0.25, -0.2) is 0 Å². The Bertz CT molecular complexity index is 310. The summed E-state index contributed by atoms with van der Waals surface area (Å²) in [5.41, 5.74) is 5.88. The van der Waals surface area contributed by atoms with Crippen molar-refractivity contribution >= 4 is 11.8 Å². The summed E-state index contributed by atoms with van der Waals surface area (Å²) >= 11 is 0. The highest BCUT2D eigenvalue weighted by molar-refractivity contribution is 5.82. The molecule has 5 heteroatoms. The molecule has 3 N–H and O–H groups in total. The molecule has 110 valence electrons. The van der Waals surface area contributed by atoms with Crippen molar-refractivity contribution in [3.05, 3.63) is 0 Å². The van der Waals surface area contributed by atoms with Crippen LogP contribution in [0.4, 0.5) is 0 Å². The van der Waals surface area contributed by atoms with Crippen LogP contribution in [0.1, 0.15) is 46.5 Å². The number of carbonyl (C=O) groups is 2. The molecule has 1 fully saturated rings. The van der Waals surface area contributed by atoms with Crippen LogP contribution >= 0.6 is 0 Å². The van der Waals surface area contributed by atoms with Crippen LogP contribution in [0.2, 0.25) is 0 Å². The first kappa shape index (κ1) is 16.0. The van der Waals surface area contributed by atoms with Crippen LogP contribution in [0.15, 0.2) is 0 Å². The van der Waals surface area contributed by atoms with E-state index in [1.54, 1.807) is 0 Å². The van der Waals surface area contributed by atoms with E-state index in [-0.39, 0.29) is 23.8 Å². The number of likely N-dealkylation sites (tertiary alicyclic amines) is 1. The lowest BCUT2D eigenvalue weighted by atomic mass is 10.0. The SMILES string of the molecule is CCCC(=O)NC1CCN(C(=O)[C@@H](N)C(C)C)CC1. The van der Waals surface area contributed by atoms with Crippen LogP contribution in [0, 0.1) is 5.92 Å². The molecular weight excluding hydrogens is 242 g/mol. The summed E-state index contributed by atoms with van der Waals surface area (Å²) in [6.45, 7) is 7.29. The predicted molar refractivity (Wildman–Crippen MR) is 75.5 cm³/mol. The Labute approximate surface area is 115 Å². The third-order valence-electron chi connectivity index (χ3n) is 3.65. The number of nitrogens with one attached hydrogen (secondary N) is 1. The van der Waals surface area contributed by atoms with Crippen LogP contribution in [0.3, 0.4) is 0 Å². The van der Waals surface area contributed by atoms with Gasteiger partial charge in [-0.05, 0) is 25.2 Å². The molecule has 0 bridgehead atoms. The van der Waals surface area contributed by atoms with Gasteiger partial charge in [0.25, 0.3) is 0 Å². The first-order chi connectivity index (χ1) is 8.95. The first-order valence-corrected chi connectivity index (χ1v) is 7.29. The highest BCUT2D eigenvalue weighted by Gasteiger charge is 2.28. The van der Waals surface area contributed by atoms with Crippen LogP contribution in [0.25, 0.3) is 0 Å². The summed E-state index contributed by atoms with van der Waals surface area (Å²) < 4.78 is 0. The Morgan fingerprint density at radius 1 is 1.32 bits per heavy atom. The van der Waals surface area contributed by atoms with Crippen molar-refractivity contribution in [1.82, 2.24) is 10.2 Å². The van der Waals surface area contributed by atoms with Gasteiger partial charge >= 0.3 is 0 Å². The van der Waals surface area contributed by atoms with Gasteiger partial charge in [-0.2, -0.15) is 0 Å². The predicted octanol–water partition coefficient (Wildman–Crippen LogP) is 0.877. The second-order valence-electron chi connectivity index (χ2n) is 5.69. The fraction of sp³-hybridized carbons (Fsp3) is 0.857. The summed E-state index contributed by atoms with van der Waals surface area (Å²) in [5.74, 6) is 0.314. The Morgan fingerprint density at radius 3 is 2.37 bits per heavy atom. The van der Waals surface area contributed by atoms with Crippen LogP contribution < -0.4 is 11.1 Å². The molecule has 1 aliphatic heterocycles. The van der Waals surface area contributed by atoms with Crippen molar-refractivity contribution in [2.75, 3.05) is 13.1 Å². The minimum absolute atomic E-state index is 0.0355. The van der Waals surface area contributed by atoms with E-state index < -0.39 is 6.04 Å². The lowest BCUT2D eigenvalue weighted by molar-refractivity contribution is -0.134. The van der Waals surface area contributed by atoms with Crippen molar-refractivity contribution < 1.29 is 9.59 Å². The molecule has 1 saturated heterocycles. The quantitative estimate of drug-likeness (QED) is 0.778. The minimum atomic E-state index is -0.411. The number of carbonyl (C=O) groups excluding carboxylic acids is 2. The topological polar surface area (TPSA) is 75.4 Å². The zero-order valence-electron chi connectivity index (χ0n) is 12.3. The number of nitrogens with two attached hydrogens (primary N) is 1. The van der Waals surface area contributed by atoms with Gasteiger partial charge in [0.2, 0.25) is 11.8 Å². The van der Waals surface area contributed by atoms with Gasteiger partial charge in [0.15, 0.2) is 0 Å². The number of hydrogen-bond acceptors (Lipinski definition) is 3. The number of nitrogens with zero attached hydrogens (tertiary/aromatic N) is 1. The van der Waals surface area contributed by atoms with E-state index in [4.69, 9.17) is 5.73 Å². The van der Waals surface area contributed by atoms with Crippen molar-refractivity contribution in [3.8, 4) is 0 Å². The average Bonchev–Trinajstić information content (AvgIpc) is 2.38. The van der Waals surface area contributed by atoms with E-state index in [0.29, 0.717) is 19.5 Å². The smallest absolute Gasteiger partial charge is 0.239 e. The average molecular weight is 269 g/mol. The van der Waals surface area contributed by atoms with Crippen LogP contribution in [-0.2, 0) is 9.59 Å². The third kappa shape index (κ3) is 4.82. The first-order valence-electron chi connectivity index (χ1n) is 7.29. The molecule has 0 radical (unpaired) electrons.